The molecule has 1 heterocycles. The molecule has 0 spiro atoms. The zero-order valence-electron chi connectivity index (χ0n) is 23.5. The second kappa shape index (κ2) is 12.6. The number of aliphatic carboxylic acids is 1. The van der Waals surface area contributed by atoms with Gasteiger partial charge in [0.25, 0.3) is 6.36 Å². The van der Waals surface area contributed by atoms with Crippen LogP contribution in [-0.4, -0.2) is 45.2 Å². The largest absolute Gasteiger partial charge is 0.489 e. The lowest BCUT2D eigenvalue weighted by molar-refractivity contribution is -0.139. The van der Waals surface area contributed by atoms with Crippen molar-refractivity contribution in [3.05, 3.63) is 83.3 Å². The van der Waals surface area contributed by atoms with Crippen molar-refractivity contribution in [1.29, 1.82) is 0 Å². The van der Waals surface area contributed by atoms with Crippen LogP contribution in [0.3, 0.4) is 0 Å². The maximum absolute atomic E-state index is 14.9. The Hall–Kier alpha value is -3.79. The minimum Gasteiger partial charge on any atom is -0.489 e. The van der Waals surface area contributed by atoms with Crippen LogP contribution in [0.1, 0.15) is 41.5 Å². The number of ether oxygens (including phenoxy) is 3. The molecule has 1 fully saturated rings. The van der Waals surface area contributed by atoms with E-state index in [0.717, 1.165) is 22.8 Å². The van der Waals surface area contributed by atoms with Crippen molar-refractivity contribution in [3.63, 3.8) is 0 Å². The van der Waals surface area contributed by atoms with Crippen LogP contribution >= 0.6 is 0 Å². The Morgan fingerprint density at radius 1 is 1.21 bits per heavy atom. The highest BCUT2D eigenvalue weighted by Gasteiger charge is 2.59. The maximum atomic E-state index is 14.9. The van der Waals surface area contributed by atoms with E-state index in [2.05, 4.69) is 11.6 Å². The Bertz CT molecular complexity index is 1530. The highest BCUT2D eigenvalue weighted by atomic mass is 32.2. The van der Waals surface area contributed by atoms with Crippen molar-refractivity contribution in [2.45, 2.75) is 45.1 Å². The fourth-order valence-electron chi connectivity index (χ4n) is 5.66. The highest BCUT2D eigenvalue weighted by molar-refractivity contribution is 7.84. The van der Waals surface area contributed by atoms with Gasteiger partial charge in [-0.1, -0.05) is 25.6 Å². The van der Waals surface area contributed by atoms with Gasteiger partial charge >= 0.3 is 5.97 Å². The van der Waals surface area contributed by atoms with E-state index in [0.29, 0.717) is 47.5 Å². The Labute approximate surface area is 246 Å². The van der Waals surface area contributed by atoms with Gasteiger partial charge in [-0.05, 0) is 71.7 Å². The quantitative estimate of drug-likeness (QED) is 0.180. The third-order valence-electron chi connectivity index (χ3n) is 7.80. The number of alkyl halides is 1. The molecular weight excluding hydrogens is 564 g/mol. The van der Waals surface area contributed by atoms with Gasteiger partial charge in [-0.2, -0.15) is 4.39 Å². The molecule has 0 aliphatic heterocycles. The van der Waals surface area contributed by atoms with Gasteiger partial charge in [0.1, 0.15) is 23.9 Å². The first-order valence-corrected chi connectivity index (χ1v) is 15.6. The van der Waals surface area contributed by atoms with Crippen molar-refractivity contribution in [2.24, 2.45) is 11.8 Å². The number of aromatic nitrogens is 1. The number of nitrogens with zero attached hydrogens (tertiary/aromatic N) is 1. The summed E-state index contributed by atoms with van der Waals surface area (Å²) in [6, 6.07) is 9.95. The lowest BCUT2D eigenvalue weighted by Gasteiger charge is -2.17. The number of fused-ring (bicyclic) bond motifs is 3. The predicted molar refractivity (Wildman–Crippen MR) is 156 cm³/mol. The van der Waals surface area contributed by atoms with Crippen LogP contribution in [0.5, 0.6) is 17.4 Å². The molecule has 5 unspecified atom stereocenters. The number of carboxylic acids is 1. The molecule has 7 nitrogen and oxygen atoms in total. The molecule has 1 saturated carbocycles. The normalized spacial score (nSPS) is 19.8. The lowest BCUT2D eigenvalue weighted by atomic mass is 9.97. The molecule has 0 amide bonds. The molecule has 0 bridgehead atoms. The molecule has 10 heteroatoms. The van der Waals surface area contributed by atoms with Crippen molar-refractivity contribution >= 4 is 16.8 Å². The van der Waals surface area contributed by atoms with Gasteiger partial charge < -0.3 is 19.3 Å². The van der Waals surface area contributed by atoms with Gasteiger partial charge in [0.15, 0.2) is 0 Å². The number of rotatable bonds is 14. The molecule has 1 aromatic heterocycles. The number of carbonyl (C=O) groups is 1. The van der Waals surface area contributed by atoms with Gasteiger partial charge in [-0.25, -0.2) is 9.37 Å². The second-order valence-corrected chi connectivity index (χ2v) is 12.1. The third-order valence-corrected chi connectivity index (χ3v) is 8.67. The molecular formula is C32H33F2NO6S. The fourth-order valence-corrected chi connectivity index (χ4v) is 6.18. The molecule has 5 atom stereocenters. The minimum atomic E-state index is -1.78. The first-order valence-electron chi connectivity index (χ1n) is 13.9. The topological polar surface area (TPSA) is 95.0 Å². The van der Waals surface area contributed by atoms with E-state index in [4.69, 9.17) is 14.2 Å². The zero-order chi connectivity index (χ0) is 30.0. The van der Waals surface area contributed by atoms with E-state index in [9.17, 15) is 22.9 Å². The number of pyridine rings is 1. The van der Waals surface area contributed by atoms with E-state index in [1.807, 2.05) is 19.1 Å². The first-order chi connectivity index (χ1) is 20.2. The standard InChI is InChI=1S/C32H33F2NO6S/c1-4-18-12-22-20(13-23-30(22)31(23)32(36)37)14-26(18)40-17-21-11-19(7-8-25(21)33)24-16-35-29(39-9-6-10-42(3)38)15-27(24)41-28(34)5-2/h5,7-8,11-12,14-16,23,28,30-31H,2,4,6,9-10,13,17H2,1,3H3,(H,36,37). The van der Waals surface area contributed by atoms with E-state index >= 15 is 0 Å². The predicted octanol–water partition coefficient (Wildman–Crippen LogP) is 6.01. The molecule has 42 heavy (non-hydrogen) atoms. The van der Waals surface area contributed by atoms with Crippen LogP contribution in [0, 0.1) is 17.7 Å². The van der Waals surface area contributed by atoms with Crippen molar-refractivity contribution in [2.75, 3.05) is 18.6 Å². The summed E-state index contributed by atoms with van der Waals surface area (Å²) in [4.78, 5) is 15.8. The minimum absolute atomic E-state index is 0.0436. The van der Waals surface area contributed by atoms with Crippen molar-refractivity contribution in [3.8, 4) is 28.5 Å². The summed E-state index contributed by atoms with van der Waals surface area (Å²) >= 11 is 0. The van der Waals surface area contributed by atoms with Crippen LogP contribution in [0.4, 0.5) is 8.78 Å². The Balaban J connectivity index is 1.35. The Morgan fingerprint density at radius 3 is 2.74 bits per heavy atom. The summed E-state index contributed by atoms with van der Waals surface area (Å²) in [7, 11) is -0.935. The van der Waals surface area contributed by atoms with Crippen molar-refractivity contribution < 1.29 is 37.1 Å². The average Bonchev–Trinajstić information content (AvgIpc) is 3.57. The summed E-state index contributed by atoms with van der Waals surface area (Å²) in [5.41, 5.74) is 4.39. The van der Waals surface area contributed by atoms with Gasteiger partial charge in [0, 0.05) is 52.1 Å². The summed E-state index contributed by atoms with van der Waals surface area (Å²) in [6.07, 6.45) is 4.27. The van der Waals surface area contributed by atoms with E-state index in [-0.39, 0.29) is 42.6 Å². The van der Waals surface area contributed by atoms with Gasteiger partial charge in [0.05, 0.1) is 12.5 Å². The van der Waals surface area contributed by atoms with E-state index < -0.39 is 28.9 Å². The summed E-state index contributed by atoms with van der Waals surface area (Å²) in [5, 5.41) is 9.44. The molecule has 2 aromatic carbocycles. The monoisotopic (exact) mass is 597 g/mol. The van der Waals surface area contributed by atoms with Crippen LogP contribution in [0.15, 0.2) is 55.3 Å². The third kappa shape index (κ3) is 6.33. The number of halogens is 2. The summed E-state index contributed by atoms with van der Waals surface area (Å²) in [5.74, 6) is 0.210. The molecule has 222 valence electrons. The summed E-state index contributed by atoms with van der Waals surface area (Å²) < 4.78 is 57.6. The smallest absolute Gasteiger partial charge is 0.307 e. The van der Waals surface area contributed by atoms with E-state index in [1.165, 1.54) is 18.3 Å². The molecule has 3 aromatic rings. The number of aryl methyl sites for hydroxylation is 1. The molecule has 0 radical (unpaired) electrons. The fraction of sp³-hybridized carbons (Fsp3) is 0.375. The average molecular weight is 598 g/mol. The number of hydrogen-bond acceptors (Lipinski definition) is 6. The summed E-state index contributed by atoms with van der Waals surface area (Å²) in [6.45, 7) is 5.66. The molecule has 2 aliphatic rings. The molecule has 0 saturated heterocycles. The Kier molecular flexibility index (Phi) is 8.91. The SMILES string of the molecule is C=CC(F)Oc1cc(OCCCS(C)=O)ncc1-c1ccc(F)c(COc2cc3c(cc2CC)C2C(C3)C2C(=O)O)c1. The van der Waals surface area contributed by atoms with Gasteiger partial charge in [-0.3, -0.25) is 9.00 Å². The van der Waals surface area contributed by atoms with Crippen LogP contribution < -0.4 is 14.2 Å². The second-order valence-electron chi connectivity index (χ2n) is 10.6. The van der Waals surface area contributed by atoms with Gasteiger partial charge in [-0.15, -0.1) is 0 Å². The first kappa shape index (κ1) is 29.7. The Morgan fingerprint density at radius 2 is 2.02 bits per heavy atom. The molecule has 2 aliphatic carbocycles. The van der Waals surface area contributed by atoms with Crippen LogP contribution in [0.2, 0.25) is 0 Å². The molecule has 5 rings (SSSR count). The zero-order valence-corrected chi connectivity index (χ0v) is 24.3. The van der Waals surface area contributed by atoms with Crippen LogP contribution in [0.25, 0.3) is 11.1 Å². The number of hydrogen-bond donors (Lipinski definition) is 1. The van der Waals surface area contributed by atoms with Gasteiger partial charge in [0.2, 0.25) is 5.88 Å². The maximum Gasteiger partial charge on any atom is 0.307 e. The number of benzene rings is 2. The molecule has 1 N–H and O–H groups in total. The number of carboxylic acid groups (broad SMARTS) is 1. The lowest BCUT2D eigenvalue weighted by Crippen LogP contribution is -2.09. The van der Waals surface area contributed by atoms with Crippen LogP contribution in [-0.2, 0) is 35.0 Å². The highest BCUT2D eigenvalue weighted by Crippen LogP contribution is 2.62. The van der Waals surface area contributed by atoms with E-state index in [1.54, 1.807) is 18.4 Å². The van der Waals surface area contributed by atoms with Crippen molar-refractivity contribution in [1.82, 2.24) is 4.98 Å².